The lowest BCUT2D eigenvalue weighted by atomic mass is 9.49. The van der Waals surface area contributed by atoms with Crippen LogP contribution in [0.5, 0.6) is 5.75 Å². The van der Waals surface area contributed by atoms with Gasteiger partial charge in [0.2, 0.25) is 11.8 Å². The number of benzene rings is 4. The maximum absolute atomic E-state index is 15.1. The first-order valence-corrected chi connectivity index (χ1v) is 17.4. The fraction of sp³-hybridized carbons (Fsp3) is 0.268. The fourth-order valence-corrected chi connectivity index (χ4v) is 9.11. The van der Waals surface area contributed by atoms with Gasteiger partial charge in [0.05, 0.1) is 45.7 Å². The number of anilines is 2. The summed E-state index contributed by atoms with van der Waals surface area (Å²) in [5.74, 6) is -8.72. The van der Waals surface area contributed by atoms with E-state index in [-0.39, 0.29) is 24.7 Å². The van der Waals surface area contributed by atoms with Gasteiger partial charge in [-0.1, -0.05) is 71.8 Å². The topological polar surface area (TPSA) is 107 Å². The predicted molar refractivity (Wildman–Crippen MR) is 186 cm³/mol. The quantitative estimate of drug-likeness (QED) is 0.122. The molecule has 0 radical (unpaired) electrons. The third-order valence-corrected chi connectivity index (χ3v) is 11.5. The Hall–Kier alpha value is -5.92. The van der Waals surface area contributed by atoms with Crippen molar-refractivity contribution in [3.8, 4) is 5.75 Å². The van der Waals surface area contributed by atoms with Crippen LogP contribution < -0.4 is 10.3 Å². The van der Waals surface area contributed by atoms with E-state index in [0.29, 0.717) is 39.4 Å². The van der Waals surface area contributed by atoms with E-state index in [1.807, 2.05) is 6.92 Å². The monoisotopic (exact) mass is 759 g/mol. The van der Waals surface area contributed by atoms with E-state index >= 15 is 4.79 Å². The van der Waals surface area contributed by atoms with Crippen molar-refractivity contribution in [2.24, 2.45) is 23.7 Å². The molecule has 4 aromatic rings. The largest absolute Gasteiger partial charge is 0.508 e. The van der Waals surface area contributed by atoms with Crippen molar-refractivity contribution in [2.45, 2.75) is 43.5 Å². The number of phenols is 1. The van der Waals surface area contributed by atoms with Crippen molar-refractivity contribution < 1.29 is 50.6 Å². The minimum Gasteiger partial charge on any atom is -0.508 e. The molecule has 3 fully saturated rings. The number of allylic oxidation sites excluding steroid dienone is 2. The molecular formula is C41H31F6N3O5. The first kappa shape index (κ1) is 36.1. The molecule has 0 bridgehead atoms. The number of halogens is 6. The van der Waals surface area contributed by atoms with Gasteiger partial charge in [0.15, 0.2) is 0 Å². The fourth-order valence-electron chi connectivity index (χ4n) is 9.11. The zero-order valence-electron chi connectivity index (χ0n) is 28.9. The maximum Gasteiger partial charge on any atom is 0.416 e. The highest BCUT2D eigenvalue weighted by molar-refractivity contribution is 6.22. The molecule has 2 saturated heterocycles. The molecule has 2 heterocycles. The predicted octanol–water partition coefficient (Wildman–Crippen LogP) is 7.93. The van der Waals surface area contributed by atoms with Crippen LogP contribution in [0.4, 0.5) is 37.7 Å². The van der Waals surface area contributed by atoms with E-state index in [9.17, 15) is 45.8 Å². The lowest BCUT2D eigenvalue weighted by Crippen LogP contribution is -2.53. The Bertz CT molecular complexity index is 2240. The highest BCUT2D eigenvalue weighted by Crippen LogP contribution is 2.64. The highest BCUT2D eigenvalue weighted by Gasteiger charge is 2.70. The van der Waals surface area contributed by atoms with Gasteiger partial charge in [0, 0.05) is 5.92 Å². The van der Waals surface area contributed by atoms with E-state index in [4.69, 9.17) is 0 Å². The Morgan fingerprint density at radius 1 is 0.745 bits per heavy atom. The molecule has 282 valence electrons. The first-order chi connectivity index (χ1) is 26.0. The molecule has 14 heteroatoms. The van der Waals surface area contributed by atoms with Crippen molar-refractivity contribution in [3.05, 3.63) is 137 Å². The minimum absolute atomic E-state index is 0.0765. The molecule has 6 unspecified atom stereocenters. The second kappa shape index (κ2) is 12.6. The summed E-state index contributed by atoms with van der Waals surface area (Å²) in [7, 11) is 0. The second-order valence-electron chi connectivity index (χ2n) is 14.5. The van der Waals surface area contributed by atoms with Crippen LogP contribution in [-0.2, 0) is 36.9 Å². The van der Waals surface area contributed by atoms with Gasteiger partial charge in [-0.05, 0) is 79.3 Å². The Morgan fingerprint density at radius 2 is 1.36 bits per heavy atom. The first-order valence-electron chi connectivity index (χ1n) is 17.4. The smallest absolute Gasteiger partial charge is 0.416 e. The summed E-state index contributed by atoms with van der Waals surface area (Å²) < 4.78 is 83.2. The molecule has 6 atom stereocenters. The highest BCUT2D eigenvalue weighted by atomic mass is 19.4. The molecule has 4 aromatic carbocycles. The standard InChI is InChI=1S/C41H31F6N3O5/c1-21-7-11-26(12-8-21)48-50-36(53)32-20-31-29(34(22-9-13-28(51)14-10-22)39(32,38(50)55)23-5-3-2-4-6-23)15-16-30-33(31)37(54)49(35(30)52)27-18-24(40(42,43)44)17-25(19-27)41(45,46)47/h2-15,17-19,30-34,48,51H,16,20H2,1H3. The maximum atomic E-state index is 15.1. The number of carbonyl (C=O) groups excluding carboxylic acids is 4. The molecule has 2 aliphatic heterocycles. The Labute approximate surface area is 310 Å². The Morgan fingerprint density at radius 3 is 1.96 bits per heavy atom. The average molecular weight is 760 g/mol. The molecule has 2 N–H and O–H groups in total. The summed E-state index contributed by atoms with van der Waals surface area (Å²) in [6, 6.07) is 22.3. The summed E-state index contributed by atoms with van der Waals surface area (Å²) in [5.41, 5.74) is 0.0189. The van der Waals surface area contributed by atoms with Crippen molar-refractivity contribution >= 4 is 35.0 Å². The van der Waals surface area contributed by atoms with Crippen LogP contribution in [0.15, 0.2) is 109 Å². The van der Waals surface area contributed by atoms with Gasteiger partial charge in [-0.2, -0.15) is 31.4 Å². The number of fused-ring (bicyclic) bond motifs is 4. The van der Waals surface area contributed by atoms with Crippen LogP contribution in [0.3, 0.4) is 0 Å². The SMILES string of the molecule is Cc1ccc(NN2C(=O)C3CC4C(=CCC5C(=O)N(c6cc(C(F)(F)F)cc(C(F)(F)F)c6)C(=O)C54)C(c4ccc(O)cc4)C3(c3ccccc3)C2=O)cc1. The number of carbonyl (C=O) groups is 4. The molecule has 0 aromatic heterocycles. The van der Waals surface area contributed by atoms with Crippen molar-refractivity contribution in [3.63, 3.8) is 0 Å². The van der Waals surface area contributed by atoms with E-state index in [2.05, 4.69) is 5.43 Å². The Balaban J connectivity index is 1.28. The summed E-state index contributed by atoms with van der Waals surface area (Å²) in [6.45, 7) is 1.87. The van der Waals surface area contributed by atoms with Gasteiger partial charge < -0.3 is 5.11 Å². The number of hydrogen-bond acceptors (Lipinski definition) is 6. The second-order valence-corrected chi connectivity index (χ2v) is 14.5. The number of nitrogens with zero attached hydrogens (tertiary/aromatic N) is 2. The number of aromatic hydroxyl groups is 1. The third kappa shape index (κ3) is 5.60. The van der Waals surface area contributed by atoms with Gasteiger partial charge in [-0.15, -0.1) is 0 Å². The van der Waals surface area contributed by atoms with E-state index in [1.54, 1.807) is 72.8 Å². The summed E-state index contributed by atoms with van der Waals surface area (Å²) in [4.78, 5) is 58.7. The lowest BCUT2D eigenvalue weighted by molar-refractivity contribution is -0.143. The number of alkyl halides is 6. The van der Waals surface area contributed by atoms with Crippen LogP contribution in [-0.4, -0.2) is 33.7 Å². The van der Waals surface area contributed by atoms with Crippen molar-refractivity contribution in [1.29, 1.82) is 0 Å². The number of hydrogen-bond donors (Lipinski definition) is 2. The van der Waals surface area contributed by atoms with Crippen LogP contribution in [0.25, 0.3) is 0 Å². The number of aryl methyl sites for hydroxylation is 1. The Kier molecular flexibility index (Phi) is 8.24. The van der Waals surface area contributed by atoms with Gasteiger partial charge in [-0.3, -0.25) is 24.6 Å². The van der Waals surface area contributed by atoms with Gasteiger partial charge in [-0.25, -0.2) is 4.90 Å². The van der Waals surface area contributed by atoms with Crippen LogP contribution in [0.2, 0.25) is 0 Å². The molecule has 2 aliphatic carbocycles. The number of amides is 4. The van der Waals surface area contributed by atoms with Gasteiger partial charge >= 0.3 is 12.4 Å². The summed E-state index contributed by atoms with van der Waals surface area (Å²) in [6.07, 6.45) is -8.99. The van der Waals surface area contributed by atoms with Gasteiger partial charge in [0.25, 0.3) is 11.8 Å². The molecule has 1 saturated carbocycles. The average Bonchev–Trinajstić information content (AvgIpc) is 3.53. The van der Waals surface area contributed by atoms with E-state index in [0.717, 1.165) is 10.6 Å². The van der Waals surface area contributed by atoms with E-state index < -0.39 is 87.8 Å². The van der Waals surface area contributed by atoms with Gasteiger partial charge in [0.1, 0.15) is 5.75 Å². The molecule has 55 heavy (non-hydrogen) atoms. The molecule has 8 nitrogen and oxygen atoms in total. The normalized spacial score (nSPS) is 26.5. The summed E-state index contributed by atoms with van der Waals surface area (Å²) in [5, 5.41) is 11.2. The number of hydrazine groups is 1. The third-order valence-electron chi connectivity index (χ3n) is 11.5. The number of rotatable bonds is 5. The van der Waals surface area contributed by atoms with Crippen molar-refractivity contribution in [2.75, 3.05) is 10.3 Å². The minimum atomic E-state index is -5.22. The number of phenolic OH excluding ortho intramolecular Hbond substituents is 1. The van der Waals surface area contributed by atoms with E-state index in [1.165, 1.54) is 12.1 Å². The molecule has 0 spiro atoms. The number of imide groups is 2. The number of nitrogens with one attached hydrogen (secondary N) is 1. The molecule has 4 aliphatic rings. The van der Waals surface area contributed by atoms with Crippen LogP contribution in [0.1, 0.15) is 46.6 Å². The zero-order valence-corrected chi connectivity index (χ0v) is 28.9. The van der Waals surface area contributed by atoms with Crippen molar-refractivity contribution in [1.82, 2.24) is 5.01 Å². The van der Waals surface area contributed by atoms with Crippen LogP contribution in [0, 0.1) is 30.6 Å². The molecular weight excluding hydrogens is 728 g/mol. The molecule has 4 amide bonds. The zero-order chi connectivity index (χ0) is 39.2. The van der Waals surface area contributed by atoms with Crippen LogP contribution >= 0.6 is 0 Å². The summed E-state index contributed by atoms with van der Waals surface area (Å²) >= 11 is 0. The lowest BCUT2D eigenvalue weighted by Gasteiger charge is -2.50. The molecule has 8 rings (SSSR count).